The number of likely N-dealkylation sites (N-methyl/N-ethyl adjacent to an activating group) is 2. The minimum absolute atomic E-state index is 0.289. The lowest BCUT2D eigenvalue weighted by atomic mass is 10.1. The van der Waals surface area contributed by atoms with E-state index in [4.69, 9.17) is 4.74 Å². The molecule has 0 heterocycles. The summed E-state index contributed by atoms with van der Waals surface area (Å²) in [5, 5.41) is 9.18. The highest BCUT2D eigenvalue weighted by Gasteiger charge is 2.14. The lowest BCUT2D eigenvalue weighted by Crippen LogP contribution is -2.29. The van der Waals surface area contributed by atoms with Gasteiger partial charge < -0.3 is 19.6 Å². The summed E-state index contributed by atoms with van der Waals surface area (Å²) in [6, 6.07) is 4.98. The number of aromatic carboxylic acids is 1. The predicted octanol–water partition coefficient (Wildman–Crippen LogP) is 1.39. The number of carboxylic acids is 1. The molecule has 100 valence electrons. The van der Waals surface area contributed by atoms with Crippen LogP contribution in [0.15, 0.2) is 18.2 Å². The third-order valence-corrected chi connectivity index (χ3v) is 2.73. The van der Waals surface area contributed by atoms with Crippen molar-refractivity contribution >= 4 is 11.7 Å². The molecule has 5 nitrogen and oxygen atoms in total. The van der Waals surface area contributed by atoms with Gasteiger partial charge >= 0.3 is 5.97 Å². The number of nitrogens with zero attached hydrogens (tertiary/aromatic N) is 2. The van der Waals surface area contributed by atoms with Gasteiger partial charge in [0, 0.05) is 26.2 Å². The molecule has 1 rings (SSSR count). The predicted molar refractivity (Wildman–Crippen MR) is 71.8 cm³/mol. The Morgan fingerprint density at radius 2 is 1.94 bits per heavy atom. The Hall–Kier alpha value is -1.75. The van der Waals surface area contributed by atoms with Gasteiger partial charge in [0.1, 0.15) is 5.75 Å². The maximum atomic E-state index is 11.2. The third-order valence-electron chi connectivity index (χ3n) is 2.73. The molecule has 0 aliphatic carbocycles. The van der Waals surface area contributed by atoms with E-state index < -0.39 is 5.97 Å². The molecule has 0 bridgehead atoms. The molecule has 0 aromatic heterocycles. The van der Waals surface area contributed by atoms with Crippen LogP contribution in [0.5, 0.6) is 5.75 Å². The summed E-state index contributed by atoms with van der Waals surface area (Å²) in [4.78, 5) is 15.2. The van der Waals surface area contributed by atoms with Crippen LogP contribution in [0.25, 0.3) is 0 Å². The van der Waals surface area contributed by atoms with Crippen molar-refractivity contribution < 1.29 is 14.6 Å². The Morgan fingerprint density at radius 1 is 1.28 bits per heavy atom. The number of hydrogen-bond acceptors (Lipinski definition) is 4. The van der Waals surface area contributed by atoms with Crippen LogP contribution in [0.1, 0.15) is 10.4 Å². The van der Waals surface area contributed by atoms with Crippen LogP contribution in [0, 0.1) is 0 Å². The highest BCUT2D eigenvalue weighted by atomic mass is 16.5. The van der Waals surface area contributed by atoms with Gasteiger partial charge in [-0.05, 0) is 26.2 Å². The Bertz CT molecular complexity index is 419. The van der Waals surface area contributed by atoms with Crippen LogP contribution in [0.3, 0.4) is 0 Å². The van der Waals surface area contributed by atoms with Gasteiger partial charge in [0.25, 0.3) is 0 Å². The number of anilines is 1. The zero-order valence-electron chi connectivity index (χ0n) is 11.3. The number of ether oxygens (including phenoxy) is 1. The second-order valence-electron chi connectivity index (χ2n) is 4.41. The normalized spacial score (nSPS) is 10.5. The van der Waals surface area contributed by atoms with E-state index in [1.54, 1.807) is 25.3 Å². The summed E-state index contributed by atoms with van der Waals surface area (Å²) in [6.45, 7) is 1.60. The van der Waals surface area contributed by atoms with Crippen molar-refractivity contribution in [1.29, 1.82) is 0 Å². The zero-order valence-corrected chi connectivity index (χ0v) is 11.3. The summed E-state index contributed by atoms with van der Waals surface area (Å²) in [6.07, 6.45) is 0. The SMILES string of the molecule is COc1ccc(C(=O)O)c(N(C)CCN(C)C)c1. The van der Waals surface area contributed by atoms with E-state index in [0.29, 0.717) is 11.4 Å². The Kier molecular flexibility index (Phi) is 4.97. The molecule has 0 aliphatic heterocycles. The second-order valence-corrected chi connectivity index (χ2v) is 4.41. The molecule has 0 amide bonds. The van der Waals surface area contributed by atoms with E-state index in [2.05, 4.69) is 4.90 Å². The molecule has 0 saturated heterocycles. The average Bonchev–Trinajstić information content (AvgIpc) is 2.34. The molecule has 0 atom stereocenters. The van der Waals surface area contributed by atoms with Crippen molar-refractivity contribution in [2.24, 2.45) is 0 Å². The Morgan fingerprint density at radius 3 is 2.44 bits per heavy atom. The standard InChI is InChI=1S/C13H20N2O3/c1-14(2)7-8-15(3)12-9-10(18-4)5-6-11(12)13(16)17/h5-6,9H,7-8H2,1-4H3,(H,16,17). The van der Waals surface area contributed by atoms with Gasteiger partial charge in [-0.25, -0.2) is 4.79 Å². The quantitative estimate of drug-likeness (QED) is 0.829. The van der Waals surface area contributed by atoms with E-state index in [-0.39, 0.29) is 5.56 Å². The number of rotatable bonds is 6. The van der Waals surface area contributed by atoms with Crippen LogP contribution in [0.4, 0.5) is 5.69 Å². The van der Waals surface area contributed by atoms with Crippen LogP contribution in [-0.4, -0.2) is 57.3 Å². The number of carboxylic acid groups (broad SMARTS) is 1. The first-order chi connectivity index (χ1) is 8.45. The summed E-state index contributed by atoms with van der Waals surface area (Å²) >= 11 is 0. The fourth-order valence-electron chi connectivity index (χ4n) is 1.61. The van der Waals surface area contributed by atoms with Gasteiger partial charge in [-0.15, -0.1) is 0 Å². The molecule has 0 unspecified atom stereocenters. The van der Waals surface area contributed by atoms with Gasteiger partial charge in [-0.1, -0.05) is 0 Å². The van der Waals surface area contributed by atoms with Crippen molar-refractivity contribution in [1.82, 2.24) is 4.90 Å². The molecular formula is C13H20N2O3. The summed E-state index contributed by atoms with van der Waals surface area (Å²) in [7, 11) is 7.42. The number of methoxy groups -OCH3 is 1. The lowest BCUT2D eigenvalue weighted by molar-refractivity contribution is 0.0697. The van der Waals surface area contributed by atoms with Crippen LogP contribution < -0.4 is 9.64 Å². The molecule has 5 heteroatoms. The molecule has 0 saturated carbocycles. The number of benzene rings is 1. The Balaban J connectivity index is 2.99. The third kappa shape index (κ3) is 3.63. The van der Waals surface area contributed by atoms with Crippen molar-refractivity contribution in [2.75, 3.05) is 46.2 Å². The molecule has 18 heavy (non-hydrogen) atoms. The summed E-state index contributed by atoms with van der Waals surface area (Å²) in [5.74, 6) is -0.268. The van der Waals surface area contributed by atoms with E-state index in [1.807, 2.05) is 26.0 Å². The first-order valence-corrected chi connectivity index (χ1v) is 5.73. The first-order valence-electron chi connectivity index (χ1n) is 5.73. The van der Waals surface area contributed by atoms with Gasteiger partial charge in [-0.3, -0.25) is 0 Å². The monoisotopic (exact) mass is 252 g/mol. The molecule has 1 aromatic rings. The first kappa shape index (κ1) is 14.3. The molecule has 0 spiro atoms. The largest absolute Gasteiger partial charge is 0.497 e. The van der Waals surface area contributed by atoms with Gasteiger partial charge in [0.2, 0.25) is 0 Å². The smallest absolute Gasteiger partial charge is 0.337 e. The Labute approximate surface area is 108 Å². The van der Waals surface area contributed by atoms with Crippen LogP contribution in [-0.2, 0) is 0 Å². The van der Waals surface area contributed by atoms with Crippen molar-refractivity contribution in [3.63, 3.8) is 0 Å². The molecule has 0 fully saturated rings. The lowest BCUT2D eigenvalue weighted by Gasteiger charge is -2.23. The van der Waals surface area contributed by atoms with Crippen LogP contribution in [0.2, 0.25) is 0 Å². The van der Waals surface area contributed by atoms with Crippen molar-refractivity contribution in [2.45, 2.75) is 0 Å². The molecule has 0 radical (unpaired) electrons. The van der Waals surface area contributed by atoms with Gasteiger partial charge in [0.05, 0.1) is 18.4 Å². The van der Waals surface area contributed by atoms with Crippen LogP contribution >= 0.6 is 0 Å². The topological polar surface area (TPSA) is 53.0 Å². The maximum absolute atomic E-state index is 11.2. The minimum atomic E-state index is -0.927. The zero-order chi connectivity index (χ0) is 13.7. The average molecular weight is 252 g/mol. The van der Waals surface area contributed by atoms with E-state index in [1.165, 1.54) is 0 Å². The minimum Gasteiger partial charge on any atom is -0.497 e. The fourth-order valence-corrected chi connectivity index (χ4v) is 1.61. The summed E-state index contributed by atoms with van der Waals surface area (Å²) in [5.41, 5.74) is 0.959. The van der Waals surface area contributed by atoms with Gasteiger partial charge in [-0.2, -0.15) is 0 Å². The van der Waals surface area contributed by atoms with E-state index in [0.717, 1.165) is 13.1 Å². The van der Waals surface area contributed by atoms with E-state index >= 15 is 0 Å². The highest BCUT2D eigenvalue weighted by Crippen LogP contribution is 2.25. The fraction of sp³-hybridized carbons (Fsp3) is 0.462. The molecular weight excluding hydrogens is 232 g/mol. The molecule has 0 aliphatic rings. The molecule has 1 aromatic carbocycles. The van der Waals surface area contributed by atoms with Crippen molar-refractivity contribution in [3.05, 3.63) is 23.8 Å². The van der Waals surface area contributed by atoms with Crippen molar-refractivity contribution in [3.8, 4) is 5.75 Å². The number of carbonyl (C=O) groups is 1. The number of hydrogen-bond donors (Lipinski definition) is 1. The highest BCUT2D eigenvalue weighted by molar-refractivity contribution is 5.94. The van der Waals surface area contributed by atoms with Gasteiger partial charge in [0.15, 0.2) is 0 Å². The molecule has 1 N–H and O–H groups in total. The van der Waals surface area contributed by atoms with E-state index in [9.17, 15) is 9.90 Å². The summed E-state index contributed by atoms with van der Waals surface area (Å²) < 4.78 is 5.14. The second kappa shape index (κ2) is 6.26. The maximum Gasteiger partial charge on any atom is 0.337 e.